The number of nitrogens with zero attached hydrogens (tertiary/aromatic N) is 1. The van der Waals surface area contributed by atoms with Gasteiger partial charge in [-0.05, 0) is 36.0 Å². The maximum atomic E-state index is 12.7. The van der Waals surface area contributed by atoms with Gasteiger partial charge in [-0.2, -0.15) is 4.31 Å². The summed E-state index contributed by atoms with van der Waals surface area (Å²) < 4.78 is 27.0. The maximum absolute atomic E-state index is 12.7. The molecule has 1 aliphatic rings. The van der Waals surface area contributed by atoms with Gasteiger partial charge in [-0.3, -0.25) is 0 Å². The van der Waals surface area contributed by atoms with E-state index >= 15 is 0 Å². The van der Waals surface area contributed by atoms with Crippen molar-refractivity contribution in [1.82, 2.24) is 4.31 Å². The Bertz CT molecular complexity index is 589. The number of rotatable bonds is 3. The Kier molecular flexibility index (Phi) is 4.74. The van der Waals surface area contributed by atoms with Crippen molar-refractivity contribution in [2.75, 3.05) is 13.1 Å². The van der Waals surface area contributed by atoms with Crippen LogP contribution in [0.25, 0.3) is 0 Å². The molecule has 1 saturated heterocycles. The lowest BCUT2D eigenvalue weighted by molar-refractivity contribution is 0.212. The molecule has 0 aliphatic carbocycles. The van der Waals surface area contributed by atoms with Crippen molar-refractivity contribution in [3.8, 4) is 0 Å². The molecule has 0 amide bonds. The van der Waals surface area contributed by atoms with E-state index in [2.05, 4.69) is 13.8 Å². The second-order valence-electron chi connectivity index (χ2n) is 5.58. The van der Waals surface area contributed by atoms with E-state index in [-0.39, 0.29) is 9.92 Å². The van der Waals surface area contributed by atoms with Gasteiger partial charge >= 0.3 is 0 Å². The van der Waals surface area contributed by atoms with E-state index < -0.39 is 10.0 Å². The maximum Gasteiger partial charge on any atom is 0.244 e. The number of halogens is 1. The molecule has 20 heavy (non-hydrogen) atoms. The summed E-state index contributed by atoms with van der Waals surface area (Å²) in [6.45, 7) is 5.65. The fourth-order valence-corrected chi connectivity index (χ4v) is 4.53. The third-order valence-corrected chi connectivity index (χ3v) is 6.49. The van der Waals surface area contributed by atoms with E-state index in [0.29, 0.717) is 31.5 Å². The van der Waals surface area contributed by atoms with E-state index in [4.69, 9.17) is 17.3 Å². The van der Waals surface area contributed by atoms with Gasteiger partial charge < -0.3 is 5.73 Å². The van der Waals surface area contributed by atoms with Gasteiger partial charge in [0.05, 0.1) is 5.02 Å². The molecule has 0 spiro atoms. The number of nitrogens with two attached hydrogens (primary N) is 1. The van der Waals surface area contributed by atoms with Gasteiger partial charge in [-0.15, -0.1) is 0 Å². The Morgan fingerprint density at radius 2 is 2.05 bits per heavy atom. The second-order valence-corrected chi connectivity index (χ2v) is 7.89. The van der Waals surface area contributed by atoms with Crippen molar-refractivity contribution in [1.29, 1.82) is 0 Å². The van der Waals surface area contributed by atoms with Crippen LogP contribution in [0.3, 0.4) is 0 Å². The smallest absolute Gasteiger partial charge is 0.244 e. The van der Waals surface area contributed by atoms with Gasteiger partial charge in [-0.25, -0.2) is 8.42 Å². The lowest BCUT2D eigenvalue weighted by Gasteiger charge is -2.34. The summed E-state index contributed by atoms with van der Waals surface area (Å²) in [6, 6.07) is 4.94. The van der Waals surface area contributed by atoms with Gasteiger partial charge in [0.1, 0.15) is 4.90 Å². The monoisotopic (exact) mass is 316 g/mol. The standard InChI is InChI=1S/C14H21ClN2O2S/c1-10-5-6-17(9-11(10)2)20(18,19)14-7-12(8-16)3-4-13(14)15/h3-4,7,10-11H,5-6,8-9,16H2,1-2H3. The molecule has 1 heterocycles. The van der Waals surface area contributed by atoms with Crippen molar-refractivity contribution in [3.05, 3.63) is 28.8 Å². The molecule has 2 unspecified atom stereocenters. The van der Waals surface area contributed by atoms with E-state index in [0.717, 1.165) is 12.0 Å². The minimum atomic E-state index is -3.54. The minimum Gasteiger partial charge on any atom is -0.326 e. The number of benzene rings is 1. The summed E-state index contributed by atoms with van der Waals surface area (Å²) >= 11 is 6.08. The number of hydrogen-bond donors (Lipinski definition) is 1. The zero-order valence-corrected chi connectivity index (χ0v) is 13.4. The molecule has 4 nitrogen and oxygen atoms in total. The average Bonchev–Trinajstić information content (AvgIpc) is 2.42. The first kappa shape index (κ1) is 15.8. The molecule has 0 aromatic heterocycles. The summed E-state index contributed by atoms with van der Waals surface area (Å²) in [5.74, 6) is 0.905. The van der Waals surface area contributed by atoms with Gasteiger partial charge in [0, 0.05) is 19.6 Å². The lowest BCUT2D eigenvalue weighted by atomic mass is 9.90. The zero-order valence-electron chi connectivity index (χ0n) is 11.8. The largest absolute Gasteiger partial charge is 0.326 e. The zero-order chi connectivity index (χ0) is 14.9. The summed E-state index contributed by atoms with van der Waals surface area (Å²) in [5, 5.41) is 0.258. The van der Waals surface area contributed by atoms with E-state index in [1.807, 2.05) is 0 Å². The summed E-state index contributed by atoms with van der Waals surface area (Å²) in [5.41, 5.74) is 6.35. The van der Waals surface area contributed by atoms with Crippen molar-refractivity contribution < 1.29 is 8.42 Å². The van der Waals surface area contributed by atoms with Crippen LogP contribution in [0.4, 0.5) is 0 Å². The highest BCUT2D eigenvalue weighted by molar-refractivity contribution is 7.89. The highest BCUT2D eigenvalue weighted by atomic mass is 35.5. The fourth-order valence-electron chi connectivity index (χ4n) is 2.45. The predicted octanol–water partition coefficient (Wildman–Crippen LogP) is 2.47. The second kappa shape index (κ2) is 6.02. The molecule has 112 valence electrons. The number of sulfonamides is 1. The minimum absolute atomic E-state index is 0.170. The lowest BCUT2D eigenvalue weighted by Crippen LogP contribution is -2.42. The topological polar surface area (TPSA) is 63.4 Å². The van der Waals surface area contributed by atoms with E-state index in [1.165, 1.54) is 0 Å². The predicted molar refractivity (Wildman–Crippen MR) is 81.0 cm³/mol. The quantitative estimate of drug-likeness (QED) is 0.931. The molecule has 0 bridgehead atoms. The van der Waals surface area contributed by atoms with E-state index in [1.54, 1.807) is 22.5 Å². The first-order valence-electron chi connectivity index (χ1n) is 6.85. The van der Waals surface area contributed by atoms with Crippen LogP contribution >= 0.6 is 11.6 Å². The van der Waals surface area contributed by atoms with Crippen LogP contribution in [0.1, 0.15) is 25.8 Å². The molecular formula is C14H21ClN2O2S. The molecule has 6 heteroatoms. The molecular weight excluding hydrogens is 296 g/mol. The molecule has 2 N–H and O–H groups in total. The van der Waals surface area contributed by atoms with Crippen LogP contribution < -0.4 is 5.73 Å². The SMILES string of the molecule is CC1CCN(S(=O)(=O)c2cc(CN)ccc2Cl)CC1C. The van der Waals surface area contributed by atoms with Crippen molar-refractivity contribution in [3.63, 3.8) is 0 Å². The van der Waals surface area contributed by atoms with E-state index in [9.17, 15) is 8.42 Å². The Balaban J connectivity index is 2.35. The first-order valence-corrected chi connectivity index (χ1v) is 8.66. The average molecular weight is 317 g/mol. The van der Waals surface area contributed by atoms with Crippen LogP contribution in [-0.4, -0.2) is 25.8 Å². The van der Waals surface area contributed by atoms with Crippen LogP contribution in [0.2, 0.25) is 5.02 Å². The Hall–Kier alpha value is -0.620. The Morgan fingerprint density at radius 1 is 1.35 bits per heavy atom. The van der Waals surface area contributed by atoms with Crippen LogP contribution in [0.15, 0.2) is 23.1 Å². The van der Waals surface area contributed by atoms with Gasteiger partial charge in [0.25, 0.3) is 0 Å². The van der Waals surface area contributed by atoms with Crippen molar-refractivity contribution in [2.24, 2.45) is 17.6 Å². The van der Waals surface area contributed by atoms with Gasteiger partial charge in [0.2, 0.25) is 10.0 Å². The highest BCUT2D eigenvalue weighted by Crippen LogP contribution is 2.30. The third kappa shape index (κ3) is 3.01. The molecule has 2 atom stereocenters. The van der Waals surface area contributed by atoms with Crippen LogP contribution in [0.5, 0.6) is 0 Å². The molecule has 1 aromatic carbocycles. The first-order chi connectivity index (χ1) is 9.36. The Morgan fingerprint density at radius 3 is 2.65 bits per heavy atom. The molecule has 0 radical (unpaired) electrons. The summed E-state index contributed by atoms with van der Waals surface area (Å²) in [7, 11) is -3.54. The normalized spacial score (nSPS) is 24.8. The third-order valence-electron chi connectivity index (χ3n) is 4.15. The molecule has 1 fully saturated rings. The summed E-state index contributed by atoms with van der Waals surface area (Å²) in [6.07, 6.45) is 0.884. The van der Waals surface area contributed by atoms with Crippen molar-refractivity contribution in [2.45, 2.75) is 31.7 Å². The highest BCUT2D eigenvalue weighted by Gasteiger charge is 2.32. The Labute approximate surface area is 126 Å². The molecule has 1 aliphatic heterocycles. The van der Waals surface area contributed by atoms with Crippen LogP contribution in [0, 0.1) is 11.8 Å². The van der Waals surface area contributed by atoms with Gasteiger partial charge in [-0.1, -0.05) is 31.5 Å². The molecule has 2 rings (SSSR count). The van der Waals surface area contributed by atoms with Gasteiger partial charge in [0.15, 0.2) is 0 Å². The molecule has 1 aromatic rings. The van der Waals surface area contributed by atoms with Crippen molar-refractivity contribution >= 4 is 21.6 Å². The fraction of sp³-hybridized carbons (Fsp3) is 0.571. The molecule has 0 saturated carbocycles. The number of piperidine rings is 1. The van der Waals surface area contributed by atoms with Crippen LogP contribution in [-0.2, 0) is 16.6 Å². The summed E-state index contributed by atoms with van der Waals surface area (Å²) in [4.78, 5) is 0.170. The number of hydrogen-bond acceptors (Lipinski definition) is 3.